The van der Waals surface area contributed by atoms with Crippen molar-refractivity contribution in [2.75, 3.05) is 0 Å². The van der Waals surface area contributed by atoms with E-state index in [0.29, 0.717) is 5.75 Å². The number of hydrogen-bond donors (Lipinski definition) is 2. The number of halogens is 2. The standard InChI is InChI=1S/C25H24Br2O3/c26-21-10-19(22(27)9-18(21)2-4-24(29)30)17-1-3-23(28)20(8-17)25-11-14-5-15(12-25)7-16(6-14)13-25/h1-4,8-10,14-16,28H,5-7,11-13H2,(H,29,30)/b4-2+. The molecule has 3 nitrogen and oxygen atoms in total. The van der Waals surface area contributed by atoms with Gasteiger partial charge >= 0.3 is 5.97 Å². The van der Waals surface area contributed by atoms with Gasteiger partial charge in [0.2, 0.25) is 0 Å². The second-order valence-electron chi connectivity index (χ2n) is 9.45. The highest BCUT2D eigenvalue weighted by Crippen LogP contribution is 2.62. The Bertz CT molecular complexity index is 1020. The lowest BCUT2D eigenvalue weighted by atomic mass is 9.48. The number of aromatic hydroxyl groups is 1. The molecule has 0 spiro atoms. The Morgan fingerprint density at radius 2 is 1.60 bits per heavy atom. The molecule has 0 atom stereocenters. The van der Waals surface area contributed by atoms with Gasteiger partial charge in [0.15, 0.2) is 0 Å². The average Bonchev–Trinajstić information content (AvgIpc) is 2.67. The van der Waals surface area contributed by atoms with Crippen molar-refractivity contribution < 1.29 is 15.0 Å². The maximum Gasteiger partial charge on any atom is 0.328 e. The van der Waals surface area contributed by atoms with Crippen molar-refractivity contribution in [2.24, 2.45) is 17.8 Å². The molecule has 4 fully saturated rings. The minimum absolute atomic E-state index is 0.128. The zero-order chi connectivity index (χ0) is 21.0. The Morgan fingerprint density at radius 3 is 2.20 bits per heavy atom. The molecule has 0 aromatic heterocycles. The molecular weight excluding hydrogens is 508 g/mol. The van der Waals surface area contributed by atoms with Crippen molar-refractivity contribution in [1.29, 1.82) is 0 Å². The molecule has 0 aliphatic heterocycles. The lowest BCUT2D eigenvalue weighted by Gasteiger charge is -2.57. The quantitative estimate of drug-likeness (QED) is 0.412. The maximum absolute atomic E-state index is 10.9. The third-order valence-corrected chi connectivity index (χ3v) is 8.75. The van der Waals surface area contributed by atoms with Gasteiger partial charge < -0.3 is 10.2 Å². The van der Waals surface area contributed by atoms with Crippen molar-refractivity contribution in [2.45, 2.75) is 43.9 Å². The lowest BCUT2D eigenvalue weighted by Crippen LogP contribution is -2.48. The predicted octanol–water partition coefficient (Wildman–Crippen LogP) is 7.15. The van der Waals surface area contributed by atoms with E-state index in [1.54, 1.807) is 6.08 Å². The van der Waals surface area contributed by atoms with E-state index in [4.69, 9.17) is 5.11 Å². The fraction of sp³-hybridized carbons (Fsp3) is 0.400. The van der Waals surface area contributed by atoms with Gasteiger partial charge in [0.05, 0.1) is 0 Å². The number of benzene rings is 2. The van der Waals surface area contributed by atoms with Crippen LogP contribution in [0.4, 0.5) is 0 Å². The summed E-state index contributed by atoms with van der Waals surface area (Å²) in [5.74, 6) is 1.92. The second kappa shape index (κ2) is 7.52. The first-order valence-electron chi connectivity index (χ1n) is 10.6. The number of phenolic OH excluding ortho intramolecular Hbond substituents is 1. The Kier molecular flexibility index (Phi) is 5.10. The maximum atomic E-state index is 10.9. The number of hydrogen-bond acceptors (Lipinski definition) is 2. The number of carboxylic acid groups (broad SMARTS) is 1. The molecule has 4 aliphatic rings. The average molecular weight is 532 g/mol. The van der Waals surface area contributed by atoms with Gasteiger partial charge in [-0.2, -0.15) is 0 Å². The van der Waals surface area contributed by atoms with E-state index in [-0.39, 0.29) is 5.41 Å². The van der Waals surface area contributed by atoms with E-state index >= 15 is 0 Å². The second-order valence-corrected chi connectivity index (χ2v) is 11.2. The van der Waals surface area contributed by atoms with Crippen LogP contribution in [0.3, 0.4) is 0 Å². The largest absolute Gasteiger partial charge is 0.508 e. The van der Waals surface area contributed by atoms with Gasteiger partial charge in [-0.25, -0.2) is 4.79 Å². The predicted molar refractivity (Wildman–Crippen MR) is 125 cm³/mol. The van der Waals surface area contributed by atoms with Crippen molar-refractivity contribution >= 4 is 43.9 Å². The summed E-state index contributed by atoms with van der Waals surface area (Å²) in [7, 11) is 0. The summed E-state index contributed by atoms with van der Waals surface area (Å²) in [6, 6.07) is 9.96. The molecule has 5 heteroatoms. The minimum Gasteiger partial charge on any atom is -0.508 e. The molecule has 2 aromatic carbocycles. The third-order valence-electron chi connectivity index (χ3n) is 7.41. The Hall–Kier alpha value is -1.59. The van der Waals surface area contributed by atoms with E-state index in [1.807, 2.05) is 24.3 Å². The van der Waals surface area contributed by atoms with Crippen LogP contribution in [0.25, 0.3) is 17.2 Å². The molecule has 0 heterocycles. The fourth-order valence-electron chi connectivity index (χ4n) is 6.64. The minimum atomic E-state index is -0.971. The molecule has 2 N–H and O–H groups in total. The fourth-order valence-corrected chi connectivity index (χ4v) is 7.71. The highest BCUT2D eigenvalue weighted by atomic mass is 79.9. The van der Waals surface area contributed by atoms with Crippen molar-refractivity contribution in [3.05, 3.63) is 56.5 Å². The summed E-state index contributed by atoms with van der Waals surface area (Å²) in [6.07, 6.45) is 10.5. The Balaban J connectivity index is 1.55. The number of carboxylic acids is 1. The van der Waals surface area contributed by atoms with E-state index < -0.39 is 5.97 Å². The molecule has 2 aromatic rings. The van der Waals surface area contributed by atoms with Crippen LogP contribution in [0.15, 0.2) is 45.4 Å². The number of phenols is 1. The molecule has 0 saturated heterocycles. The highest BCUT2D eigenvalue weighted by molar-refractivity contribution is 9.11. The van der Waals surface area contributed by atoms with Crippen LogP contribution in [0.5, 0.6) is 5.75 Å². The van der Waals surface area contributed by atoms with Gasteiger partial charge in [-0.05, 0) is 109 Å². The van der Waals surface area contributed by atoms with E-state index in [2.05, 4.69) is 37.9 Å². The monoisotopic (exact) mass is 530 g/mol. The molecule has 0 radical (unpaired) electrons. The molecule has 4 aliphatic carbocycles. The first-order chi connectivity index (χ1) is 14.3. The smallest absolute Gasteiger partial charge is 0.328 e. The van der Waals surface area contributed by atoms with Crippen LogP contribution in [0.2, 0.25) is 0 Å². The summed E-state index contributed by atoms with van der Waals surface area (Å²) in [6.45, 7) is 0. The normalized spacial score (nSPS) is 29.6. The van der Waals surface area contributed by atoms with Crippen LogP contribution in [-0.4, -0.2) is 16.2 Å². The van der Waals surface area contributed by atoms with Crippen LogP contribution in [0, 0.1) is 17.8 Å². The van der Waals surface area contributed by atoms with Crippen LogP contribution in [-0.2, 0) is 10.2 Å². The summed E-state index contributed by atoms with van der Waals surface area (Å²) in [4.78, 5) is 10.9. The van der Waals surface area contributed by atoms with Gasteiger partial charge in [-0.3, -0.25) is 0 Å². The zero-order valence-electron chi connectivity index (χ0n) is 16.6. The third kappa shape index (κ3) is 3.54. The molecule has 4 saturated carbocycles. The number of aliphatic carboxylic acids is 1. The topological polar surface area (TPSA) is 57.5 Å². The summed E-state index contributed by atoms with van der Waals surface area (Å²) in [5.41, 5.74) is 4.15. The molecule has 0 unspecified atom stereocenters. The molecule has 156 valence electrons. The molecule has 6 rings (SSSR count). The number of rotatable bonds is 4. The van der Waals surface area contributed by atoms with E-state index in [9.17, 15) is 9.90 Å². The summed E-state index contributed by atoms with van der Waals surface area (Å²) < 4.78 is 1.74. The van der Waals surface area contributed by atoms with E-state index in [1.165, 1.54) is 38.5 Å². The van der Waals surface area contributed by atoms with Crippen molar-refractivity contribution in [3.8, 4) is 16.9 Å². The zero-order valence-corrected chi connectivity index (χ0v) is 19.7. The van der Waals surface area contributed by atoms with Crippen LogP contribution < -0.4 is 0 Å². The molecule has 0 amide bonds. The van der Waals surface area contributed by atoms with Gasteiger partial charge in [0.25, 0.3) is 0 Å². The summed E-state index contributed by atoms with van der Waals surface area (Å²) in [5, 5.41) is 19.7. The Morgan fingerprint density at radius 1 is 0.967 bits per heavy atom. The van der Waals surface area contributed by atoms with Gasteiger partial charge in [0, 0.05) is 20.6 Å². The van der Waals surface area contributed by atoms with Crippen LogP contribution in [0.1, 0.15) is 49.7 Å². The van der Waals surface area contributed by atoms with E-state index in [0.717, 1.165) is 55.0 Å². The van der Waals surface area contributed by atoms with Crippen molar-refractivity contribution in [3.63, 3.8) is 0 Å². The molecule has 30 heavy (non-hydrogen) atoms. The van der Waals surface area contributed by atoms with Gasteiger partial charge in [-0.1, -0.05) is 37.9 Å². The first-order valence-corrected chi connectivity index (χ1v) is 12.2. The van der Waals surface area contributed by atoms with Crippen LogP contribution >= 0.6 is 31.9 Å². The Labute approximate surface area is 193 Å². The molecule has 4 bridgehead atoms. The highest BCUT2D eigenvalue weighted by Gasteiger charge is 2.52. The van der Waals surface area contributed by atoms with Gasteiger partial charge in [-0.15, -0.1) is 0 Å². The number of carbonyl (C=O) groups is 1. The summed E-state index contributed by atoms with van der Waals surface area (Å²) >= 11 is 7.25. The lowest BCUT2D eigenvalue weighted by molar-refractivity contribution is -0.131. The molecular formula is C25H24Br2O3. The SMILES string of the molecule is O=C(O)/C=C/c1cc(Br)c(-c2ccc(O)c(C34CC5CC(CC(C5)C3)C4)c2)cc1Br. The first kappa shape index (κ1) is 20.3. The van der Waals surface area contributed by atoms with Crippen molar-refractivity contribution in [1.82, 2.24) is 0 Å². The van der Waals surface area contributed by atoms with Gasteiger partial charge in [0.1, 0.15) is 5.75 Å².